The van der Waals surface area contributed by atoms with Crippen molar-refractivity contribution < 1.29 is 4.79 Å². The molecule has 3 nitrogen and oxygen atoms in total. The second kappa shape index (κ2) is 4.30. The fourth-order valence-electron chi connectivity index (χ4n) is 2.52. The third-order valence-electron chi connectivity index (χ3n) is 3.59. The van der Waals surface area contributed by atoms with Gasteiger partial charge in [-0.15, -0.1) is 0 Å². The molecule has 2 rings (SSSR count). The summed E-state index contributed by atoms with van der Waals surface area (Å²) in [6.07, 6.45) is 3.07. The average Bonchev–Trinajstić information content (AvgIpc) is 2.56. The maximum Gasteiger partial charge on any atom is 0.222 e. The van der Waals surface area contributed by atoms with Gasteiger partial charge in [-0.05, 0) is 37.8 Å². The number of piperidine rings is 1. The van der Waals surface area contributed by atoms with E-state index in [9.17, 15) is 4.79 Å². The molecule has 2 unspecified atom stereocenters. The molecule has 0 bridgehead atoms. The maximum atomic E-state index is 11.5. The molecule has 1 N–H and O–H groups in total. The van der Waals surface area contributed by atoms with E-state index in [1.807, 2.05) is 0 Å². The number of carbonyl (C=O) groups excluding carboxylic acids is 1. The summed E-state index contributed by atoms with van der Waals surface area (Å²) in [5.41, 5.74) is 0. The Labute approximate surface area is 85.8 Å². The van der Waals surface area contributed by atoms with Crippen LogP contribution in [0, 0.1) is 11.8 Å². The predicted octanol–water partition coefficient (Wildman–Crippen LogP) is 0.854. The Balaban J connectivity index is 1.86. The molecule has 2 atom stereocenters. The minimum Gasteiger partial charge on any atom is -0.342 e. The highest BCUT2D eigenvalue weighted by molar-refractivity contribution is 5.78. The van der Waals surface area contributed by atoms with E-state index in [2.05, 4.69) is 17.1 Å². The molecular weight excluding hydrogens is 176 g/mol. The average molecular weight is 196 g/mol. The summed E-state index contributed by atoms with van der Waals surface area (Å²) >= 11 is 0. The molecule has 0 radical (unpaired) electrons. The van der Waals surface area contributed by atoms with Crippen LogP contribution in [0.2, 0.25) is 0 Å². The first kappa shape index (κ1) is 9.97. The van der Waals surface area contributed by atoms with Crippen LogP contribution in [0.25, 0.3) is 0 Å². The van der Waals surface area contributed by atoms with E-state index in [1.165, 1.54) is 6.42 Å². The summed E-state index contributed by atoms with van der Waals surface area (Å²) in [4.78, 5) is 13.5. The highest BCUT2D eigenvalue weighted by Crippen LogP contribution is 2.22. The van der Waals surface area contributed by atoms with Gasteiger partial charge in [0.2, 0.25) is 5.91 Å². The number of amides is 1. The van der Waals surface area contributed by atoms with Gasteiger partial charge in [0.25, 0.3) is 0 Å². The molecular formula is C11H20N2O. The van der Waals surface area contributed by atoms with Gasteiger partial charge in [-0.1, -0.05) is 6.92 Å². The number of nitrogens with one attached hydrogen (secondary N) is 1. The maximum absolute atomic E-state index is 11.5. The van der Waals surface area contributed by atoms with Crippen LogP contribution in [0.15, 0.2) is 0 Å². The normalized spacial score (nSPS) is 33.8. The fraction of sp³-hybridized carbons (Fsp3) is 0.909. The molecule has 1 amide bonds. The zero-order valence-corrected chi connectivity index (χ0v) is 8.96. The minimum absolute atomic E-state index is 0.371. The minimum atomic E-state index is 0.371. The van der Waals surface area contributed by atoms with Gasteiger partial charge >= 0.3 is 0 Å². The van der Waals surface area contributed by atoms with Crippen molar-refractivity contribution >= 4 is 5.91 Å². The van der Waals surface area contributed by atoms with Crippen molar-refractivity contribution in [3.63, 3.8) is 0 Å². The van der Waals surface area contributed by atoms with Gasteiger partial charge < -0.3 is 10.2 Å². The molecule has 0 spiro atoms. The smallest absolute Gasteiger partial charge is 0.222 e. The molecule has 3 heteroatoms. The van der Waals surface area contributed by atoms with E-state index in [4.69, 9.17) is 0 Å². The van der Waals surface area contributed by atoms with Crippen molar-refractivity contribution in [1.82, 2.24) is 10.2 Å². The molecule has 2 aliphatic rings. The standard InChI is InChI=1S/C11H20N2O/c1-9-7-12-5-4-10(9)8-13-6-2-3-11(13)14/h9-10,12H,2-8H2,1H3. The van der Waals surface area contributed by atoms with Crippen LogP contribution in [0.1, 0.15) is 26.2 Å². The van der Waals surface area contributed by atoms with E-state index >= 15 is 0 Å². The molecule has 2 saturated heterocycles. The van der Waals surface area contributed by atoms with Crippen LogP contribution < -0.4 is 5.32 Å². The van der Waals surface area contributed by atoms with Gasteiger partial charge in [-0.25, -0.2) is 0 Å². The van der Waals surface area contributed by atoms with Crippen LogP contribution in [-0.2, 0) is 4.79 Å². The van der Waals surface area contributed by atoms with Gasteiger partial charge in [0.1, 0.15) is 0 Å². The van der Waals surface area contributed by atoms with Gasteiger partial charge in [-0.3, -0.25) is 4.79 Å². The summed E-state index contributed by atoms with van der Waals surface area (Å²) in [5, 5.41) is 3.40. The van der Waals surface area contributed by atoms with E-state index in [1.54, 1.807) is 0 Å². The Morgan fingerprint density at radius 1 is 1.57 bits per heavy atom. The van der Waals surface area contributed by atoms with E-state index in [-0.39, 0.29) is 0 Å². The Morgan fingerprint density at radius 2 is 2.43 bits per heavy atom. The molecule has 80 valence electrons. The summed E-state index contributed by atoms with van der Waals surface area (Å²) < 4.78 is 0. The molecule has 2 aliphatic heterocycles. The lowest BCUT2D eigenvalue weighted by Crippen LogP contribution is -2.41. The summed E-state index contributed by atoms with van der Waals surface area (Å²) in [7, 11) is 0. The number of carbonyl (C=O) groups is 1. The Morgan fingerprint density at radius 3 is 3.07 bits per heavy atom. The zero-order chi connectivity index (χ0) is 9.97. The first-order valence-corrected chi connectivity index (χ1v) is 5.76. The lowest BCUT2D eigenvalue weighted by Gasteiger charge is -2.32. The van der Waals surface area contributed by atoms with Gasteiger partial charge in [0.15, 0.2) is 0 Å². The van der Waals surface area contributed by atoms with Crippen LogP contribution in [0.4, 0.5) is 0 Å². The highest BCUT2D eigenvalue weighted by Gasteiger charge is 2.27. The third kappa shape index (κ3) is 2.08. The Bertz CT molecular complexity index is 217. The van der Waals surface area contributed by atoms with Crippen molar-refractivity contribution in [3.8, 4) is 0 Å². The monoisotopic (exact) mass is 196 g/mol. The number of hydrogen-bond acceptors (Lipinski definition) is 2. The molecule has 0 aromatic heterocycles. The van der Waals surface area contributed by atoms with Crippen LogP contribution in [0.3, 0.4) is 0 Å². The quantitative estimate of drug-likeness (QED) is 0.710. The van der Waals surface area contributed by atoms with Gasteiger partial charge in [-0.2, -0.15) is 0 Å². The van der Waals surface area contributed by atoms with Crippen LogP contribution in [0.5, 0.6) is 0 Å². The van der Waals surface area contributed by atoms with Crippen molar-refractivity contribution in [2.75, 3.05) is 26.2 Å². The van der Waals surface area contributed by atoms with Crippen LogP contribution in [-0.4, -0.2) is 37.0 Å². The predicted molar refractivity (Wildman–Crippen MR) is 56.0 cm³/mol. The lowest BCUT2D eigenvalue weighted by atomic mass is 9.87. The first-order chi connectivity index (χ1) is 6.77. The first-order valence-electron chi connectivity index (χ1n) is 5.76. The van der Waals surface area contributed by atoms with Gasteiger partial charge in [0, 0.05) is 19.5 Å². The molecule has 14 heavy (non-hydrogen) atoms. The fourth-order valence-corrected chi connectivity index (χ4v) is 2.52. The SMILES string of the molecule is CC1CNCCC1CN1CCCC1=O. The Hall–Kier alpha value is -0.570. The van der Waals surface area contributed by atoms with Crippen molar-refractivity contribution in [2.24, 2.45) is 11.8 Å². The van der Waals surface area contributed by atoms with Crippen molar-refractivity contribution in [2.45, 2.75) is 26.2 Å². The molecule has 2 fully saturated rings. The second-order valence-corrected chi connectivity index (χ2v) is 4.67. The largest absolute Gasteiger partial charge is 0.342 e. The second-order valence-electron chi connectivity index (χ2n) is 4.67. The van der Waals surface area contributed by atoms with Crippen molar-refractivity contribution in [3.05, 3.63) is 0 Å². The highest BCUT2D eigenvalue weighted by atomic mass is 16.2. The lowest BCUT2D eigenvalue weighted by molar-refractivity contribution is -0.128. The van der Waals surface area contributed by atoms with E-state index in [0.29, 0.717) is 5.91 Å². The summed E-state index contributed by atoms with van der Waals surface area (Å²) in [6.45, 7) is 6.53. The topological polar surface area (TPSA) is 32.3 Å². The zero-order valence-electron chi connectivity index (χ0n) is 8.96. The molecule has 0 saturated carbocycles. The van der Waals surface area contributed by atoms with E-state index < -0.39 is 0 Å². The Kier molecular flexibility index (Phi) is 3.06. The molecule has 2 heterocycles. The third-order valence-corrected chi connectivity index (χ3v) is 3.59. The number of likely N-dealkylation sites (tertiary alicyclic amines) is 1. The number of nitrogens with zero attached hydrogens (tertiary/aromatic N) is 1. The van der Waals surface area contributed by atoms with Gasteiger partial charge in [0.05, 0.1) is 0 Å². The number of rotatable bonds is 2. The van der Waals surface area contributed by atoms with Crippen LogP contribution >= 0.6 is 0 Å². The van der Waals surface area contributed by atoms with Crippen molar-refractivity contribution in [1.29, 1.82) is 0 Å². The molecule has 0 aliphatic carbocycles. The van der Waals surface area contributed by atoms with E-state index in [0.717, 1.165) is 50.9 Å². The molecule has 0 aromatic carbocycles. The summed E-state index contributed by atoms with van der Waals surface area (Å²) in [5.74, 6) is 1.81. The molecule has 0 aromatic rings. The number of hydrogen-bond donors (Lipinski definition) is 1. The summed E-state index contributed by atoms with van der Waals surface area (Å²) in [6, 6.07) is 0.